The lowest BCUT2D eigenvalue weighted by molar-refractivity contribution is 0.299. The molecule has 126 valence electrons. The number of benzene rings is 1. The van der Waals surface area contributed by atoms with Gasteiger partial charge in [0.1, 0.15) is 0 Å². The van der Waals surface area contributed by atoms with Crippen LogP contribution in [0, 0.1) is 0 Å². The number of hydrogen-bond donors (Lipinski definition) is 3. The van der Waals surface area contributed by atoms with Crippen molar-refractivity contribution >= 4 is 25.7 Å². The van der Waals surface area contributed by atoms with E-state index in [2.05, 4.69) is 0 Å². The topological polar surface area (TPSA) is 135 Å². The summed E-state index contributed by atoms with van der Waals surface area (Å²) in [4.78, 5) is 0. The van der Waals surface area contributed by atoms with Crippen molar-refractivity contribution in [2.75, 3.05) is 6.61 Å². The van der Waals surface area contributed by atoms with Crippen molar-refractivity contribution in [1.29, 1.82) is 0 Å². The fourth-order valence-corrected chi connectivity index (χ4v) is 4.78. The Morgan fingerprint density at radius 2 is 1.83 bits per heavy atom. The molecule has 1 aromatic carbocycles. The predicted molar refractivity (Wildman–Crippen MR) is 86.4 cm³/mol. The van der Waals surface area contributed by atoms with Gasteiger partial charge in [-0.1, -0.05) is 36.4 Å². The van der Waals surface area contributed by atoms with Gasteiger partial charge in [-0.05, 0) is 29.2 Å². The first-order valence-corrected chi connectivity index (χ1v) is 9.69. The number of primary sulfonamides is 1. The first kappa shape index (κ1) is 17.8. The van der Waals surface area contributed by atoms with Crippen molar-refractivity contribution in [2.45, 2.75) is 16.9 Å². The summed E-state index contributed by atoms with van der Waals surface area (Å²) in [7, 11) is -9.54. The molecule has 7 nitrogen and oxygen atoms in total. The van der Waals surface area contributed by atoms with Crippen molar-refractivity contribution in [3.05, 3.63) is 53.6 Å². The largest absolute Gasteiger partial charge is 0.396 e. The van der Waals surface area contributed by atoms with Crippen molar-refractivity contribution in [2.24, 2.45) is 5.14 Å². The van der Waals surface area contributed by atoms with Crippen LogP contribution < -0.4 is 5.14 Å². The summed E-state index contributed by atoms with van der Waals surface area (Å²) in [5.41, 5.74) is 2.17. The number of aliphatic hydroxyl groups is 1. The van der Waals surface area contributed by atoms with Gasteiger partial charge in [0.15, 0.2) is 0 Å². The third-order valence-electron chi connectivity index (χ3n) is 3.75. The molecule has 0 saturated heterocycles. The maximum atomic E-state index is 11.7. The van der Waals surface area contributed by atoms with Gasteiger partial charge in [-0.25, -0.2) is 13.6 Å². The van der Waals surface area contributed by atoms with Gasteiger partial charge in [0.05, 0.1) is 0 Å². The quantitative estimate of drug-likeness (QED) is 0.653. The average Bonchev–Trinajstić information content (AvgIpc) is 2.46. The van der Waals surface area contributed by atoms with E-state index in [4.69, 9.17) is 10.2 Å². The fraction of sp³-hybridized carbons (Fsp3) is 0.286. The van der Waals surface area contributed by atoms with E-state index in [0.717, 1.165) is 17.2 Å². The molecular weight excluding hydrogens is 342 g/mol. The van der Waals surface area contributed by atoms with Crippen LogP contribution in [0.15, 0.2) is 42.5 Å². The van der Waals surface area contributed by atoms with E-state index in [1.165, 1.54) is 12.2 Å². The standard InChI is InChI=1S/C14H17NO6S2/c15-22(17,18)14(23(19,20)21)8-5-12(6-9-14)13-4-2-1-3-11(13)7-10-16/h1-6,8,16H,7,9-10H2,(H2,15,17,18)(H,19,20,21). The lowest BCUT2D eigenvalue weighted by atomic mass is 9.94. The molecule has 1 aromatic rings. The Balaban J connectivity index is 2.49. The monoisotopic (exact) mass is 359 g/mol. The molecule has 0 aromatic heterocycles. The second-order valence-corrected chi connectivity index (χ2v) is 8.92. The first-order valence-electron chi connectivity index (χ1n) is 6.70. The van der Waals surface area contributed by atoms with Gasteiger partial charge in [-0.2, -0.15) is 8.42 Å². The maximum Gasteiger partial charge on any atom is 0.290 e. The summed E-state index contributed by atoms with van der Waals surface area (Å²) < 4.78 is 53.2. The van der Waals surface area contributed by atoms with Crippen LogP contribution in [0.1, 0.15) is 17.5 Å². The molecule has 9 heteroatoms. The molecule has 23 heavy (non-hydrogen) atoms. The zero-order chi connectivity index (χ0) is 17.3. The van der Waals surface area contributed by atoms with E-state index < -0.39 is 30.6 Å². The van der Waals surface area contributed by atoms with E-state index in [-0.39, 0.29) is 6.61 Å². The molecule has 0 bridgehead atoms. The number of hydrogen-bond acceptors (Lipinski definition) is 5. The van der Waals surface area contributed by atoms with Crippen LogP contribution in [0.25, 0.3) is 5.57 Å². The normalized spacial score (nSPS) is 22.0. The molecular formula is C14H17NO6S2. The van der Waals surface area contributed by atoms with Crippen molar-refractivity contribution < 1.29 is 26.5 Å². The molecule has 0 aliphatic heterocycles. The van der Waals surface area contributed by atoms with E-state index in [0.29, 0.717) is 12.0 Å². The van der Waals surface area contributed by atoms with Crippen molar-refractivity contribution in [3.8, 4) is 0 Å². The minimum absolute atomic E-state index is 0.0554. The Hall–Kier alpha value is -1.52. The second kappa shape index (κ2) is 6.17. The molecule has 1 atom stereocenters. The van der Waals surface area contributed by atoms with E-state index >= 15 is 0 Å². The molecule has 1 aliphatic rings. The first-order chi connectivity index (χ1) is 10.6. The number of sulfonamides is 1. The van der Waals surface area contributed by atoms with Gasteiger partial charge in [0.2, 0.25) is 14.1 Å². The highest BCUT2D eigenvalue weighted by atomic mass is 32.3. The summed E-state index contributed by atoms with van der Waals surface area (Å²) in [6.45, 7) is -0.0554. The van der Waals surface area contributed by atoms with Crippen molar-refractivity contribution in [1.82, 2.24) is 0 Å². The van der Waals surface area contributed by atoms with E-state index in [9.17, 15) is 21.4 Å². The smallest absolute Gasteiger partial charge is 0.290 e. The molecule has 0 heterocycles. The summed E-state index contributed by atoms with van der Waals surface area (Å²) in [5.74, 6) is 0. The fourth-order valence-electron chi connectivity index (χ4n) is 2.49. The van der Waals surface area contributed by atoms with Crippen molar-refractivity contribution in [3.63, 3.8) is 0 Å². The van der Waals surface area contributed by atoms with Crippen LogP contribution in [-0.2, 0) is 26.6 Å². The summed E-state index contributed by atoms with van der Waals surface area (Å²) in [6.07, 6.45) is 3.50. The molecule has 1 unspecified atom stereocenters. The van der Waals surface area contributed by atoms with Crippen LogP contribution >= 0.6 is 0 Å². The Labute approximate surface area is 134 Å². The Kier molecular flexibility index (Phi) is 4.79. The lowest BCUT2D eigenvalue weighted by Gasteiger charge is -2.27. The highest BCUT2D eigenvalue weighted by Crippen LogP contribution is 2.36. The van der Waals surface area contributed by atoms with Gasteiger partial charge in [0, 0.05) is 13.0 Å². The average molecular weight is 359 g/mol. The number of rotatable bonds is 5. The molecule has 0 amide bonds. The minimum atomic E-state index is -4.96. The lowest BCUT2D eigenvalue weighted by Crippen LogP contribution is -2.48. The minimum Gasteiger partial charge on any atom is -0.396 e. The molecule has 0 saturated carbocycles. The van der Waals surface area contributed by atoms with E-state index in [1.54, 1.807) is 18.2 Å². The zero-order valence-corrected chi connectivity index (χ0v) is 13.7. The third-order valence-corrected chi connectivity index (χ3v) is 7.52. The van der Waals surface area contributed by atoms with Crippen LogP contribution in [0.2, 0.25) is 0 Å². The SMILES string of the molecule is NS(=O)(=O)C1(S(=O)(=O)O)C=CC(c2ccccc2CCO)=CC1. The van der Waals surface area contributed by atoms with Gasteiger partial charge >= 0.3 is 0 Å². The summed E-state index contributed by atoms with van der Waals surface area (Å²) in [6, 6.07) is 7.16. The zero-order valence-electron chi connectivity index (χ0n) is 12.1. The Bertz CT molecular complexity index is 836. The number of aliphatic hydroxyl groups excluding tert-OH is 1. The number of allylic oxidation sites excluding steroid dienone is 3. The second-order valence-electron chi connectivity index (χ2n) is 5.16. The molecule has 2 rings (SSSR count). The highest BCUT2D eigenvalue weighted by Gasteiger charge is 2.51. The van der Waals surface area contributed by atoms with Crippen LogP contribution in [0.4, 0.5) is 0 Å². The molecule has 0 spiro atoms. The Morgan fingerprint density at radius 3 is 2.30 bits per heavy atom. The Morgan fingerprint density at radius 1 is 1.17 bits per heavy atom. The molecule has 4 N–H and O–H groups in total. The molecule has 0 radical (unpaired) electrons. The van der Waals surface area contributed by atoms with Crippen LogP contribution in [0.5, 0.6) is 0 Å². The van der Waals surface area contributed by atoms with Gasteiger partial charge in [0.25, 0.3) is 10.1 Å². The van der Waals surface area contributed by atoms with Gasteiger partial charge in [-0.15, -0.1) is 0 Å². The predicted octanol–water partition coefficient (Wildman–Crippen LogP) is 0.437. The highest BCUT2D eigenvalue weighted by molar-refractivity contribution is 8.07. The third kappa shape index (κ3) is 3.24. The van der Waals surface area contributed by atoms with Gasteiger partial charge < -0.3 is 5.11 Å². The van der Waals surface area contributed by atoms with Gasteiger partial charge in [-0.3, -0.25) is 4.55 Å². The summed E-state index contributed by atoms with van der Waals surface area (Å²) in [5, 5.41) is 14.1. The molecule has 0 fully saturated rings. The van der Waals surface area contributed by atoms with Crippen LogP contribution in [-0.4, -0.2) is 37.2 Å². The maximum absolute atomic E-state index is 11.7. The summed E-state index contributed by atoms with van der Waals surface area (Å²) >= 11 is 0. The number of nitrogens with two attached hydrogens (primary N) is 1. The molecule has 1 aliphatic carbocycles. The van der Waals surface area contributed by atoms with Crippen LogP contribution in [0.3, 0.4) is 0 Å². The van der Waals surface area contributed by atoms with E-state index in [1.807, 2.05) is 6.07 Å².